The molecule has 7 nitrogen and oxygen atoms in total. The lowest BCUT2D eigenvalue weighted by Gasteiger charge is -2.08. The molecule has 0 saturated heterocycles. The SMILES string of the molecule is COc1ccc(-c2nnc(C(=O)NCc3ccccc3OC)o2)cc1. The van der Waals surface area contributed by atoms with Crippen LogP contribution in [0.4, 0.5) is 0 Å². The van der Waals surface area contributed by atoms with E-state index in [-0.39, 0.29) is 11.8 Å². The van der Waals surface area contributed by atoms with Crippen molar-refractivity contribution in [2.45, 2.75) is 6.54 Å². The van der Waals surface area contributed by atoms with Gasteiger partial charge in [-0.15, -0.1) is 10.2 Å². The average molecular weight is 339 g/mol. The number of hydrogen-bond donors (Lipinski definition) is 1. The molecule has 0 atom stereocenters. The molecule has 0 bridgehead atoms. The monoisotopic (exact) mass is 339 g/mol. The van der Waals surface area contributed by atoms with E-state index in [0.29, 0.717) is 17.9 Å². The van der Waals surface area contributed by atoms with Gasteiger partial charge in [0, 0.05) is 17.7 Å². The summed E-state index contributed by atoms with van der Waals surface area (Å²) in [5, 5.41) is 10.4. The summed E-state index contributed by atoms with van der Waals surface area (Å²) in [6.07, 6.45) is 0. The Kier molecular flexibility index (Phi) is 4.94. The van der Waals surface area contributed by atoms with Crippen molar-refractivity contribution >= 4 is 5.91 Å². The van der Waals surface area contributed by atoms with Gasteiger partial charge in [-0.3, -0.25) is 4.79 Å². The summed E-state index contributed by atoms with van der Waals surface area (Å²) in [4.78, 5) is 12.2. The minimum absolute atomic E-state index is 0.0966. The number of amides is 1. The van der Waals surface area contributed by atoms with E-state index in [1.165, 1.54) is 0 Å². The van der Waals surface area contributed by atoms with Crippen LogP contribution in [0.25, 0.3) is 11.5 Å². The smallest absolute Gasteiger partial charge is 0.309 e. The van der Waals surface area contributed by atoms with Gasteiger partial charge in [0.2, 0.25) is 5.89 Å². The average Bonchev–Trinajstić information content (AvgIpc) is 3.16. The number of carbonyl (C=O) groups is 1. The molecule has 0 aliphatic carbocycles. The standard InChI is InChI=1S/C18H17N3O4/c1-23-14-9-7-12(8-10-14)17-20-21-18(25-17)16(22)19-11-13-5-3-4-6-15(13)24-2/h3-10H,11H2,1-2H3,(H,19,22). The third-order valence-corrected chi connectivity index (χ3v) is 3.59. The lowest BCUT2D eigenvalue weighted by atomic mass is 10.2. The van der Waals surface area contributed by atoms with Crippen molar-refractivity contribution in [1.29, 1.82) is 0 Å². The van der Waals surface area contributed by atoms with Gasteiger partial charge < -0.3 is 19.2 Å². The Labute approximate surface area is 144 Å². The summed E-state index contributed by atoms with van der Waals surface area (Å²) in [5.74, 6) is 1.15. The molecule has 0 aliphatic rings. The molecular formula is C18H17N3O4. The Morgan fingerprint density at radius 3 is 2.52 bits per heavy atom. The lowest BCUT2D eigenvalue weighted by Crippen LogP contribution is -2.23. The molecule has 128 valence electrons. The molecule has 0 radical (unpaired) electrons. The molecule has 0 saturated carbocycles. The molecule has 2 aromatic carbocycles. The number of nitrogens with zero attached hydrogens (tertiary/aromatic N) is 2. The highest BCUT2D eigenvalue weighted by Gasteiger charge is 2.16. The van der Waals surface area contributed by atoms with Gasteiger partial charge in [0.1, 0.15) is 11.5 Å². The predicted molar refractivity (Wildman–Crippen MR) is 90.5 cm³/mol. The fourth-order valence-corrected chi connectivity index (χ4v) is 2.27. The Hall–Kier alpha value is -3.35. The number of benzene rings is 2. The maximum atomic E-state index is 12.2. The quantitative estimate of drug-likeness (QED) is 0.743. The van der Waals surface area contributed by atoms with Gasteiger partial charge in [0.15, 0.2) is 0 Å². The first-order valence-corrected chi connectivity index (χ1v) is 7.59. The van der Waals surface area contributed by atoms with Gasteiger partial charge in [-0.2, -0.15) is 0 Å². The topological polar surface area (TPSA) is 86.5 Å². The molecule has 1 amide bonds. The van der Waals surface area contributed by atoms with Crippen molar-refractivity contribution in [1.82, 2.24) is 15.5 Å². The van der Waals surface area contributed by atoms with Crippen LogP contribution in [-0.4, -0.2) is 30.3 Å². The van der Waals surface area contributed by atoms with E-state index >= 15 is 0 Å². The van der Waals surface area contributed by atoms with Crippen LogP contribution in [-0.2, 0) is 6.54 Å². The van der Waals surface area contributed by atoms with Gasteiger partial charge in [-0.1, -0.05) is 18.2 Å². The zero-order valence-corrected chi connectivity index (χ0v) is 13.9. The second kappa shape index (κ2) is 7.48. The van der Waals surface area contributed by atoms with Crippen LogP contribution in [0.2, 0.25) is 0 Å². The molecule has 0 spiro atoms. The summed E-state index contributed by atoms with van der Waals surface area (Å²) in [6, 6.07) is 14.6. The molecule has 1 aromatic heterocycles. The summed E-state index contributed by atoms with van der Waals surface area (Å²) in [5.41, 5.74) is 1.56. The summed E-state index contributed by atoms with van der Waals surface area (Å²) in [7, 11) is 3.17. The number of ether oxygens (including phenoxy) is 2. The third-order valence-electron chi connectivity index (χ3n) is 3.59. The van der Waals surface area contributed by atoms with Gasteiger partial charge in [-0.25, -0.2) is 0 Å². The van der Waals surface area contributed by atoms with E-state index in [0.717, 1.165) is 11.3 Å². The molecule has 3 aromatic rings. The minimum Gasteiger partial charge on any atom is -0.497 e. The fraction of sp³-hybridized carbons (Fsp3) is 0.167. The fourth-order valence-electron chi connectivity index (χ4n) is 2.27. The first kappa shape index (κ1) is 16.5. The van der Waals surface area contributed by atoms with E-state index in [9.17, 15) is 4.79 Å². The molecule has 1 N–H and O–H groups in total. The Morgan fingerprint density at radius 2 is 1.80 bits per heavy atom. The van der Waals surface area contributed by atoms with Crippen molar-refractivity contribution in [3.8, 4) is 23.0 Å². The van der Waals surface area contributed by atoms with Gasteiger partial charge in [-0.05, 0) is 30.3 Å². The maximum absolute atomic E-state index is 12.2. The number of nitrogens with one attached hydrogen (secondary N) is 1. The van der Waals surface area contributed by atoms with Crippen molar-refractivity contribution in [3.05, 3.63) is 60.0 Å². The van der Waals surface area contributed by atoms with Crippen molar-refractivity contribution in [2.75, 3.05) is 14.2 Å². The van der Waals surface area contributed by atoms with Crippen molar-refractivity contribution in [3.63, 3.8) is 0 Å². The summed E-state index contributed by atoms with van der Waals surface area (Å²) in [6.45, 7) is 0.295. The van der Waals surface area contributed by atoms with Crippen LogP contribution in [0.1, 0.15) is 16.2 Å². The molecule has 0 aliphatic heterocycles. The normalized spacial score (nSPS) is 10.3. The molecule has 0 unspecified atom stereocenters. The van der Waals surface area contributed by atoms with Crippen LogP contribution in [0.15, 0.2) is 52.9 Å². The zero-order chi connectivity index (χ0) is 17.6. The number of hydrogen-bond acceptors (Lipinski definition) is 6. The van der Waals surface area contributed by atoms with Crippen molar-refractivity contribution in [2.24, 2.45) is 0 Å². The van der Waals surface area contributed by atoms with Crippen LogP contribution >= 0.6 is 0 Å². The second-order valence-corrected chi connectivity index (χ2v) is 5.14. The van der Waals surface area contributed by atoms with Crippen LogP contribution < -0.4 is 14.8 Å². The van der Waals surface area contributed by atoms with Crippen molar-refractivity contribution < 1.29 is 18.7 Å². The Morgan fingerprint density at radius 1 is 1.04 bits per heavy atom. The summed E-state index contributed by atoms with van der Waals surface area (Å²) < 4.78 is 15.8. The third kappa shape index (κ3) is 3.77. The van der Waals surface area contributed by atoms with E-state index in [4.69, 9.17) is 13.9 Å². The lowest BCUT2D eigenvalue weighted by molar-refractivity contribution is 0.0916. The second-order valence-electron chi connectivity index (χ2n) is 5.14. The number of para-hydroxylation sites is 1. The summed E-state index contributed by atoms with van der Waals surface area (Å²) >= 11 is 0. The number of aromatic nitrogens is 2. The maximum Gasteiger partial charge on any atom is 0.309 e. The molecule has 25 heavy (non-hydrogen) atoms. The highest BCUT2D eigenvalue weighted by Crippen LogP contribution is 2.21. The van der Waals surface area contributed by atoms with E-state index < -0.39 is 5.91 Å². The number of methoxy groups -OCH3 is 2. The molecule has 0 fully saturated rings. The van der Waals surface area contributed by atoms with E-state index in [2.05, 4.69) is 15.5 Å². The largest absolute Gasteiger partial charge is 0.497 e. The van der Waals surface area contributed by atoms with Gasteiger partial charge in [0.25, 0.3) is 0 Å². The van der Waals surface area contributed by atoms with Gasteiger partial charge >= 0.3 is 11.8 Å². The Balaban J connectivity index is 1.68. The van der Waals surface area contributed by atoms with Crippen LogP contribution in [0.3, 0.4) is 0 Å². The van der Waals surface area contributed by atoms with Crippen LogP contribution in [0.5, 0.6) is 11.5 Å². The zero-order valence-electron chi connectivity index (χ0n) is 13.9. The van der Waals surface area contributed by atoms with E-state index in [1.54, 1.807) is 38.5 Å². The highest BCUT2D eigenvalue weighted by atomic mass is 16.5. The first-order valence-electron chi connectivity index (χ1n) is 7.59. The van der Waals surface area contributed by atoms with Gasteiger partial charge in [0.05, 0.1) is 14.2 Å². The number of rotatable bonds is 6. The minimum atomic E-state index is -0.446. The highest BCUT2D eigenvalue weighted by molar-refractivity contribution is 5.89. The van der Waals surface area contributed by atoms with Crippen LogP contribution in [0, 0.1) is 0 Å². The first-order chi connectivity index (χ1) is 12.2. The molecule has 1 heterocycles. The predicted octanol–water partition coefficient (Wildman–Crippen LogP) is 2.68. The molecular weight excluding hydrogens is 322 g/mol. The van der Waals surface area contributed by atoms with E-state index in [1.807, 2.05) is 24.3 Å². The molecule has 7 heteroatoms. The Bertz CT molecular complexity index is 859. The number of carbonyl (C=O) groups excluding carboxylic acids is 1. The molecule has 3 rings (SSSR count).